The van der Waals surface area contributed by atoms with Gasteiger partial charge in [-0.1, -0.05) is 0 Å². The van der Waals surface area contributed by atoms with Crippen LogP contribution in [0, 0.1) is 0 Å². The molecule has 9 heteroatoms. The Balaban J connectivity index is 0.00000162. The van der Waals surface area contributed by atoms with Crippen LogP contribution in [0.25, 0.3) is 5.65 Å². The molecule has 0 fully saturated rings. The third kappa shape index (κ3) is 2.48. The molecule has 2 aromatic rings. The number of pyridine rings is 1. The molecular formula is C9H9ClN4O4. The Morgan fingerprint density at radius 1 is 1.44 bits per heavy atom. The minimum Gasteiger partial charge on any atom is -0.507 e. The molecule has 0 bridgehead atoms. The van der Waals surface area contributed by atoms with E-state index in [9.17, 15) is 14.7 Å². The third-order valence-corrected chi connectivity index (χ3v) is 2.07. The van der Waals surface area contributed by atoms with Gasteiger partial charge in [-0.05, 0) is 6.07 Å². The number of carboxylic acid groups (broad SMARTS) is 1. The molecule has 2 rings (SSSR count). The predicted octanol–water partition coefficient (Wildman–Crippen LogP) is -0.329. The highest BCUT2D eigenvalue weighted by Gasteiger charge is 2.17. The highest BCUT2D eigenvalue weighted by atomic mass is 35.5. The minimum absolute atomic E-state index is 0. The second kappa shape index (κ2) is 5.32. The van der Waals surface area contributed by atoms with E-state index in [2.05, 4.69) is 15.5 Å². The molecule has 0 aliphatic carbocycles. The number of aliphatic carboxylic acids is 1. The van der Waals surface area contributed by atoms with E-state index in [0.717, 1.165) is 0 Å². The molecule has 18 heavy (non-hydrogen) atoms. The van der Waals surface area contributed by atoms with E-state index in [1.165, 1.54) is 23.0 Å². The van der Waals surface area contributed by atoms with Crippen molar-refractivity contribution < 1.29 is 19.8 Å². The maximum atomic E-state index is 11.7. The summed E-state index contributed by atoms with van der Waals surface area (Å²) >= 11 is 0. The van der Waals surface area contributed by atoms with Gasteiger partial charge in [0.1, 0.15) is 24.2 Å². The Morgan fingerprint density at radius 2 is 2.17 bits per heavy atom. The zero-order valence-electron chi connectivity index (χ0n) is 8.90. The van der Waals surface area contributed by atoms with Gasteiger partial charge in [-0.25, -0.2) is 0 Å². The quantitative estimate of drug-likeness (QED) is 0.704. The Morgan fingerprint density at radius 3 is 2.83 bits per heavy atom. The Hall–Kier alpha value is -2.35. The zero-order chi connectivity index (χ0) is 12.4. The van der Waals surface area contributed by atoms with E-state index in [0.29, 0.717) is 0 Å². The number of nitrogens with one attached hydrogen (secondary N) is 1. The van der Waals surface area contributed by atoms with Crippen LogP contribution < -0.4 is 5.32 Å². The first-order valence-corrected chi connectivity index (χ1v) is 4.61. The molecule has 8 nitrogen and oxygen atoms in total. The highest BCUT2D eigenvalue weighted by molar-refractivity contribution is 6.03. The van der Waals surface area contributed by atoms with Crippen molar-refractivity contribution in [3.8, 4) is 5.75 Å². The lowest BCUT2D eigenvalue weighted by Crippen LogP contribution is -2.29. The van der Waals surface area contributed by atoms with Crippen molar-refractivity contribution in [2.75, 3.05) is 6.54 Å². The summed E-state index contributed by atoms with van der Waals surface area (Å²) in [5.41, 5.74) is 0.0548. The largest absolute Gasteiger partial charge is 0.507 e. The normalized spacial score (nSPS) is 9.78. The number of carboxylic acids is 1. The average Bonchev–Trinajstić information content (AvgIpc) is 2.73. The van der Waals surface area contributed by atoms with Crippen LogP contribution >= 0.6 is 12.4 Å². The lowest BCUT2D eigenvalue weighted by atomic mass is 10.2. The van der Waals surface area contributed by atoms with Crippen LogP contribution in [0.4, 0.5) is 0 Å². The first-order chi connectivity index (χ1) is 8.09. The topological polar surface area (TPSA) is 117 Å². The van der Waals surface area contributed by atoms with Gasteiger partial charge in [0.05, 0.1) is 0 Å². The Bertz CT molecular complexity index is 597. The van der Waals surface area contributed by atoms with Crippen LogP contribution in [0.15, 0.2) is 18.6 Å². The molecule has 0 aliphatic heterocycles. The van der Waals surface area contributed by atoms with Crippen LogP contribution in [-0.2, 0) is 4.79 Å². The number of nitrogens with zero attached hydrogens (tertiary/aromatic N) is 3. The molecule has 0 saturated heterocycles. The lowest BCUT2D eigenvalue weighted by Gasteiger charge is -2.05. The summed E-state index contributed by atoms with van der Waals surface area (Å²) in [4.78, 5) is 22.0. The standard InChI is InChI=1S/C9H8N4O4.ClH/c14-5-1-2-13-4-11-12-8(13)7(5)9(17)10-3-6(15)16;/h1-2,4,14H,3H2,(H,10,17)(H,15,16);1H. The van der Waals surface area contributed by atoms with Gasteiger partial charge < -0.3 is 15.5 Å². The number of carbonyl (C=O) groups excluding carboxylic acids is 1. The second-order valence-corrected chi connectivity index (χ2v) is 3.21. The van der Waals surface area contributed by atoms with E-state index in [4.69, 9.17) is 5.11 Å². The van der Waals surface area contributed by atoms with E-state index >= 15 is 0 Å². The summed E-state index contributed by atoms with van der Waals surface area (Å²) < 4.78 is 1.44. The molecular weight excluding hydrogens is 264 g/mol. The molecule has 0 aromatic carbocycles. The number of halogens is 1. The highest BCUT2D eigenvalue weighted by Crippen LogP contribution is 2.19. The Labute approximate surface area is 107 Å². The summed E-state index contributed by atoms with van der Waals surface area (Å²) in [6.07, 6.45) is 2.85. The predicted molar refractivity (Wildman–Crippen MR) is 61.9 cm³/mol. The van der Waals surface area contributed by atoms with Crippen molar-refractivity contribution in [3.63, 3.8) is 0 Å². The smallest absolute Gasteiger partial charge is 0.322 e. The van der Waals surface area contributed by atoms with E-state index in [1.807, 2.05) is 0 Å². The molecule has 2 aromatic heterocycles. The summed E-state index contributed by atoms with van der Waals surface area (Å²) in [6.45, 7) is -0.534. The number of amides is 1. The first kappa shape index (κ1) is 13.7. The molecule has 0 unspecified atom stereocenters. The fraction of sp³-hybridized carbons (Fsp3) is 0.111. The zero-order valence-corrected chi connectivity index (χ0v) is 9.72. The maximum Gasteiger partial charge on any atom is 0.322 e. The molecule has 3 N–H and O–H groups in total. The second-order valence-electron chi connectivity index (χ2n) is 3.21. The SMILES string of the molecule is Cl.O=C(O)CNC(=O)c1c(O)ccn2cnnc12. The van der Waals surface area contributed by atoms with Crippen LogP contribution in [0.1, 0.15) is 10.4 Å². The number of fused-ring (bicyclic) bond motifs is 1. The number of aromatic nitrogens is 3. The molecule has 2 heterocycles. The first-order valence-electron chi connectivity index (χ1n) is 4.61. The van der Waals surface area contributed by atoms with E-state index in [-0.39, 0.29) is 29.4 Å². The summed E-state index contributed by atoms with van der Waals surface area (Å²) in [6, 6.07) is 1.30. The van der Waals surface area contributed by atoms with Gasteiger partial charge in [0.2, 0.25) is 0 Å². The monoisotopic (exact) mass is 272 g/mol. The fourth-order valence-electron chi connectivity index (χ4n) is 1.34. The van der Waals surface area contributed by atoms with Gasteiger partial charge in [0.15, 0.2) is 5.65 Å². The third-order valence-electron chi connectivity index (χ3n) is 2.07. The molecule has 0 saturated carbocycles. The van der Waals surface area contributed by atoms with Gasteiger partial charge in [-0.15, -0.1) is 22.6 Å². The lowest BCUT2D eigenvalue weighted by molar-refractivity contribution is -0.135. The van der Waals surface area contributed by atoms with E-state index in [1.54, 1.807) is 0 Å². The molecule has 0 aliphatic rings. The Kier molecular flexibility index (Phi) is 4.05. The number of hydrogen-bond donors (Lipinski definition) is 3. The van der Waals surface area contributed by atoms with Gasteiger partial charge in [-0.3, -0.25) is 14.0 Å². The maximum absolute atomic E-state index is 11.7. The summed E-state index contributed by atoms with van der Waals surface area (Å²) in [5.74, 6) is -2.18. The van der Waals surface area contributed by atoms with Crippen molar-refractivity contribution in [3.05, 3.63) is 24.2 Å². The number of carbonyl (C=O) groups is 2. The molecule has 0 spiro atoms. The number of aromatic hydroxyl groups is 1. The van der Waals surface area contributed by atoms with Crippen molar-refractivity contribution in [2.45, 2.75) is 0 Å². The van der Waals surface area contributed by atoms with Crippen LogP contribution in [-0.4, -0.2) is 43.2 Å². The van der Waals surface area contributed by atoms with Crippen molar-refractivity contribution in [2.24, 2.45) is 0 Å². The van der Waals surface area contributed by atoms with Crippen molar-refractivity contribution in [1.82, 2.24) is 19.9 Å². The van der Waals surface area contributed by atoms with Gasteiger partial charge >= 0.3 is 5.97 Å². The van der Waals surface area contributed by atoms with Crippen molar-refractivity contribution >= 4 is 29.9 Å². The van der Waals surface area contributed by atoms with Crippen LogP contribution in [0.2, 0.25) is 0 Å². The summed E-state index contributed by atoms with van der Waals surface area (Å²) in [7, 11) is 0. The van der Waals surface area contributed by atoms with Gasteiger partial charge in [-0.2, -0.15) is 0 Å². The molecule has 96 valence electrons. The number of rotatable bonds is 3. The fourth-order valence-corrected chi connectivity index (χ4v) is 1.34. The van der Waals surface area contributed by atoms with Crippen LogP contribution in [0.5, 0.6) is 5.75 Å². The molecule has 0 atom stereocenters. The van der Waals surface area contributed by atoms with Crippen molar-refractivity contribution in [1.29, 1.82) is 0 Å². The van der Waals surface area contributed by atoms with Gasteiger partial charge in [0, 0.05) is 6.20 Å². The molecule has 1 amide bonds. The van der Waals surface area contributed by atoms with Gasteiger partial charge in [0.25, 0.3) is 5.91 Å². The van der Waals surface area contributed by atoms with E-state index < -0.39 is 18.4 Å². The minimum atomic E-state index is -1.17. The van der Waals surface area contributed by atoms with Crippen LogP contribution in [0.3, 0.4) is 0 Å². The summed E-state index contributed by atoms with van der Waals surface area (Å²) in [5, 5.41) is 27.4. The average molecular weight is 273 g/mol. The number of hydrogen-bond acceptors (Lipinski definition) is 5. The molecule has 0 radical (unpaired) electrons.